The van der Waals surface area contributed by atoms with E-state index in [1.165, 1.54) is 0 Å². The van der Waals surface area contributed by atoms with Crippen molar-refractivity contribution in [1.82, 2.24) is 0 Å². The van der Waals surface area contributed by atoms with Crippen LogP contribution in [0, 0.1) is 6.92 Å². The lowest BCUT2D eigenvalue weighted by Crippen LogP contribution is -1.95. The van der Waals surface area contributed by atoms with E-state index in [1.807, 2.05) is 37.3 Å². The Bertz CT molecular complexity index is 486. The van der Waals surface area contributed by atoms with Crippen LogP contribution in [0.5, 0.6) is 11.5 Å². The molecule has 0 spiro atoms. The summed E-state index contributed by atoms with van der Waals surface area (Å²) in [6.07, 6.45) is 0. The van der Waals surface area contributed by atoms with Crippen molar-refractivity contribution in [1.29, 1.82) is 0 Å². The molecule has 2 aromatic rings. The lowest BCUT2D eigenvalue weighted by Gasteiger charge is -2.07. The van der Waals surface area contributed by atoms with Crippen molar-refractivity contribution in [3.63, 3.8) is 0 Å². The van der Waals surface area contributed by atoms with Crippen LogP contribution in [0.1, 0.15) is 11.1 Å². The van der Waals surface area contributed by atoms with E-state index < -0.39 is 0 Å². The first-order valence-corrected chi connectivity index (χ1v) is 5.69. The smallest absolute Gasteiger partial charge is 0.123 e. The highest BCUT2D eigenvalue weighted by atomic mass is 35.5. The molecule has 2 aromatic carbocycles. The van der Waals surface area contributed by atoms with E-state index in [0.717, 1.165) is 11.1 Å². The van der Waals surface area contributed by atoms with Crippen LogP contribution < -0.4 is 4.74 Å². The summed E-state index contributed by atoms with van der Waals surface area (Å²) in [7, 11) is 0. The Morgan fingerprint density at radius 2 is 1.82 bits per heavy atom. The van der Waals surface area contributed by atoms with Crippen LogP contribution in [0.2, 0.25) is 5.02 Å². The van der Waals surface area contributed by atoms with Crippen LogP contribution in [-0.4, -0.2) is 5.11 Å². The minimum atomic E-state index is 0.219. The quantitative estimate of drug-likeness (QED) is 0.892. The molecular weight excluding hydrogens is 236 g/mol. The molecule has 3 heteroatoms. The van der Waals surface area contributed by atoms with Gasteiger partial charge in [0, 0.05) is 11.1 Å². The van der Waals surface area contributed by atoms with E-state index in [1.54, 1.807) is 12.1 Å². The van der Waals surface area contributed by atoms with Gasteiger partial charge in [-0.25, -0.2) is 0 Å². The number of hydrogen-bond donors (Lipinski definition) is 1. The Morgan fingerprint density at radius 1 is 1.12 bits per heavy atom. The van der Waals surface area contributed by atoms with Gasteiger partial charge in [0.15, 0.2) is 0 Å². The van der Waals surface area contributed by atoms with Crippen molar-refractivity contribution in [2.45, 2.75) is 13.5 Å². The summed E-state index contributed by atoms with van der Waals surface area (Å²) in [5.41, 5.74) is 2.01. The molecule has 0 aromatic heterocycles. The van der Waals surface area contributed by atoms with Crippen molar-refractivity contribution in [3.8, 4) is 11.5 Å². The number of halogens is 1. The third-order valence-electron chi connectivity index (χ3n) is 2.35. The molecule has 0 saturated heterocycles. The molecule has 0 aliphatic rings. The molecular formula is C14H13ClO2. The van der Waals surface area contributed by atoms with Gasteiger partial charge >= 0.3 is 0 Å². The van der Waals surface area contributed by atoms with Crippen molar-refractivity contribution in [3.05, 3.63) is 58.6 Å². The van der Waals surface area contributed by atoms with Crippen LogP contribution >= 0.6 is 11.6 Å². The zero-order valence-electron chi connectivity index (χ0n) is 9.48. The Balaban J connectivity index is 2.04. The van der Waals surface area contributed by atoms with E-state index >= 15 is 0 Å². The highest BCUT2D eigenvalue weighted by Crippen LogP contribution is 2.22. The summed E-state index contributed by atoms with van der Waals surface area (Å²) in [6.45, 7) is 2.37. The van der Waals surface area contributed by atoms with Gasteiger partial charge in [0.25, 0.3) is 0 Å². The number of rotatable bonds is 3. The van der Waals surface area contributed by atoms with Gasteiger partial charge in [-0.15, -0.1) is 0 Å². The third kappa shape index (κ3) is 3.40. The summed E-state index contributed by atoms with van der Waals surface area (Å²) >= 11 is 5.80. The minimum Gasteiger partial charge on any atom is -0.508 e. The number of hydrogen-bond acceptors (Lipinski definition) is 2. The zero-order valence-corrected chi connectivity index (χ0v) is 10.2. The maximum absolute atomic E-state index is 9.43. The molecule has 0 amide bonds. The van der Waals surface area contributed by atoms with E-state index in [4.69, 9.17) is 16.3 Å². The Morgan fingerprint density at radius 3 is 2.47 bits per heavy atom. The Hall–Kier alpha value is -1.67. The largest absolute Gasteiger partial charge is 0.508 e. The fraction of sp³-hybridized carbons (Fsp3) is 0.143. The van der Waals surface area contributed by atoms with E-state index in [-0.39, 0.29) is 5.75 Å². The molecule has 0 atom stereocenters. The van der Waals surface area contributed by atoms with Crippen LogP contribution in [0.4, 0.5) is 0 Å². The molecule has 0 unspecified atom stereocenters. The molecule has 2 rings (SSSR count). The van der Waals surface area contributed by atoms with Crippen molar-refractivity contribution in [2.24, 2.45) is 0 Å². The monoisotopic (exact) mass is 248 g/mol. The fourth-order valence-corrected chi connectivity index (χ4v) is 1.69. The lowest BCUT2D eigenvalue weighted by atomic mass is 10.2. The highest BCUT2D eigenvalue weighted by Gasteiger charge is 1.99. The number of phenolic OH excluding ortho intramolecular Hbond substituents is 1. The van der Waals surface area contributed by atoms with Crippen molar-refractivity contribution < 1.29 is 9.84 Å². The van der Waals surface area contributed by atoms with Crippen LogP contribution in [0.3, 0.4) is 0 Å². The second-order valence-corrected chi connectivity index (χ2v) is 4.36. The van der Waals surface area contributed by atoms with Gasteiger partial charge in [0.05, 0.1) is 0 Å². The zero-order chi connectivity index (χ0) is 12.3. The van der Waals surface area contributed by atoms with E-state index in [2.05, 4.69) is 0 Å². The number of aromatic hydroxyl groups is 1. The second kappa shape index (κ2) is 5.11. The van der Waals surface area contributed by atoms with Gasteiger partial charge in [-0.1, -0.05) is 23.7 Å². The molecule has 88 valence electrons. The van der Waals surface area contributed by atoms with E-state index in [0.29, 0.717) is 17.4 Å². The number of ether oxygens (including phenoxy) is 1. The Labute approximate surface area is 105 Å². The third-order valence-corrected chi connectivity index (χ3v) is 2.61. The average molecular weight is 249 g/mol. The van der Waals surface area contributed by atoms with E-state index in [9.17, 15) is 5.11 Å². The number of aryl methyl sites for hydroxylation is 1. The maximum atomic E-state index is 9.43. The average Bonchev–Trinajstić information content (AvgIpc) is 2.27. The first-order valence-electron chi connectivity index (χ1n) is 5.31. The van der Waals surface area contributed by atoms with Gasteiger partial charge in [0.2, 0.25) is 0 Å². The first kappa shape index (κ1) is 11.8. The summed E-state index contributed by atoms with van der Waals surface area (Å²) in [4.78, 5) is 0. The summed E-state index contributed by atoms with van der Waals surface area (Å²) in [5, 5.41) is 10.1. The van der Waals surface area contributed by atoms with Gasteiger partial charge < -0.3 is 9.84 Å². The number of phenols is 1. The van der Waals surface area contributed by atoms with Gasteiger partial charge in [0.1, 0.15) is 18.1 Å². The second-order valence-electron chi connectivity index (χ2n) is 3.92. The molecule has 0 radical (unpaired) electrons. The topological polar surface area (TPSA) is 29.5 Å². The summed E-state index contributed by atoms with van der Waals surface area (Å²) in [6, 6.07) is 12.7. The predicted octanol–water partition coefficient (Wildman–Crippen LogP) is 3.93. The molecule has 0 heterocycles. The molecule has 0 aliphatic heterocycles. The van der Waals surface area contributed by atoms with Crippen LogP contribution in [-0.2, 0) is 6.61 Å². The minimum absolute atomic E-state index is 0.219. The molecule has 17 heavy (non-hydrogen) atoms. The normalized spacial score (nSPS) is 10.2. The molecule has 0 saturated carbocycles. The van der Waals surface area contributed by atoms with Crippen LogP contribution in [0.25, 0.3) is 0 Å². The molecule has 0 bridgehead atoms. The standard InChI is InChI=1S/C14H13ClO2/c1-10-6-13(16)8-14(7-10)17-9-11-2-4-12(15)5-3-11/h2-8,16H,9H2,1H3. The SMILES string of the molecule is Cc1cc(O)cc(OCc2ccc(Cl)cc2)c1. The van der Waals surface area contributed by atoms with Crippen molar-refractivity contribution in [2.75, 3.05) is 0 Å². The summed E-state index contributed by atoms with van der Waals surface area (Å²) < 4.78 is 5.59. The van der Waals surface area contributed by atoms with Gasteiger partial charge in [-0.05, 0) is 42.3 Å². The fourth-order valence-electron chi connectivity index (χ4n) is 1.56. The summed E-state index contributed by atoms with van der Waals surface area (Å²) in [5.74, 6) is 0.883. The molecule has 1 N–H and O–H groups in total. The first-order chi connectivity index (χ1) is 8.13. The molecule has 0 aliphatic carbocycles. The molecule has 2 nitrogen and oxygen atoms in total. The van der Waals surface area contributed by atoms with Crippen LogP contribution in [0.15, 0.2) is 42.5 Å². The van der Waals surface area contributed by atoms with Gasteiger partial charge in [-0.3, -0.25) is 0 Å². The maximum Gasteiger partial charge on any atom is 0.123 e. The lowest BCUT2D eigenvalue weighted by molar-refractivity contribution is 0.304. The van der Waals surface area contributed by atoms with Crippen molar-refractivity contribution >= 4 is 11.6 Å². The predicted molar refractivity (Wildman–Crippen MR) is 68.6 cm³/mol. The highest BCUT2D eigenvalue weighted by molar-refractivity contribution is 6.30. The number of benzene rings is 2. The molecule has 0 fully saturated rings. The Kier molecular flexibility index (Phi) is 3.55. The van der Waals surface area contributed by atoms with Gasteiger partial charge in [-0.2, -0.15) is 0 Å².